The third kappa shape index (κ3) is 4.61. The lowest BCUT2D eigenvalue weighted by atomic mass is 10.1. The van der Waals surface area contributed by atoms with Crippen LogP contribution in [0.1, 0.15) is 21.6 Å². The van der Waals surface area contributed by atoms with Crippen molar-refractivity contribution in [2.75, 3.05) is 11.9 Å². The van der Waals surface area contributed by atoms with E-state index in [0.717, 1.165) is 23.4 Å². The van der Waals surface area contributed by atoms with Gasteiger partial charge in [0.05, 0.1) is 0 Å². The Labute approximate surface area is 158 Å². The Morgan fingerprint density at radius 3 is 2.69 bits per heavy atom. The van der Waals surface area contributed by atoms with Gasteiger partial charge >= 0.3 is 0 Å². The van der Waals surface area contributed by atoms with E-state index in [0.29, 0.717) is 17.3 Å². The molecule has 0 aliphatic rings. The van der Waals surface area contributed by atoms with Gasteiger partial charge < -0.3 is 10.6 Å². The van der Waals surface area contributed by atoms with Gasteiger partial charge in [0.1, 0.15) is 5.69 Å². The molecule has 0 spiro atoms. The third-order valence-corrected chi connectivity index (χ3v) is 4.49. The molecule has 0 unspecified atom stereocenters. The molecule has 3 aromatic rings. The van der Waals surface area contributed by atoms with Crippen LogP contribution >= 0.6 is 11.6 Å². The predicted molar refractivity (Wildman–Crippen MR) is 106 cm³/mol. The second-order valence-corrected chi connectivity index (χ2v) is 6.37. The van der Waals surface area contributed by atoms with E-state index in [-0.39, 0.29) is 5.91 Å². The molecule has 1 amide bonds. The van der Waals surface area contributed by atoms with Crippen LogP contribution in [0.25, 0.3) is 0 Å². The molecular formula is C21H20ClN3O. The first-order chi connectivity index (χ1) is 12.6. The van der Waals surface area contributed by atoms with Crippen LogP contribution in [0, 0.1) is 6.92 Å². The van der Waals surface area contributed by atoms with Crippen molar-refractivity contribution in [3.05, 3.63) is 88.7 Å². The van der Waals surface area contributed by atoms with E-state index in [4.69, 9.17) is 11.6 Å². The fourth-order valence-corrected chi connectivity index (χ4v) is 2.76. The quantitative estimate of drug-likeness (QED) is 0.662. The van der Waals surface area contributed by atoms with Crippen LogP contribution in [0.15, 0.2) is 66.9 Å². The normalized spacial score (nSPS) is 10.4. The molecule has 5 heteroatoms. The highest BCUT2D eigenvalue weighted by Crippen LogP contribution is 2.26. The van der Waals surface area contributed by atoms with Gasteiger partial charge in [-0.3, -0.25) is 9.78 Å². The molecule has 0 bridgehead atoms. The van der Waals surface area contributed by atoms with Gasteiger partial charge in [-0.1, -0.05) is 48.0 Å². The van der Waals surface area contributed by atoms with Gasteiger partial charge in [0, 0.05) is 29.1 Å². The summed E-state index contributed by atoms with van der Waals surface area (Å²) in [5.74, 6) is -0.188. The lowest BCUT2D eigenvalue weighted by molar-refractivity contribution is 0.0949. The highest BCUT2D eigenvalue weighted by Gasteiger charge is 2.09. The first-order valence-corrected chi connectivity index (χ1v) is 8.81. The fraction of sp³-hybridized carbons (Fsp3) is 0.143. The zero-order valence-electron chi connectivity index (χ0n) is 14.5. The average molecular weight is 366 g/mol. The summed E-state index contributed by atoms with van der Waals surface area (Å²) in [6, 6.07) is 19.3. The predicted octanol–water partition coefficient (Wildman–Crippen LogP) is 4.76. The molecule has 26 heavy (non-hydrogen) atoms. The Kier molecular flexibility index (Phi) is 5.87. The summed E-state index contributed by atoms with van der Waals surface area (Å²) in [7, 11) is 0. The molecule has 132 valence electrons. The molecule has 4 nitrogen and oxygen atoms in total. The van der Waals surface area contributed by atoms with Crippen molar-refractivity contribution >= 4 is 28.9 Å². The van der Waals surface area contributed by atoms with E-state index in [1.165, 1.54) is 5.56 Å². The van der Waals surface area contributed by atoms with E-state index in [1.54, 1.807) is 12.3 Å². The van der Waals surface area contributed by atoms with Crippen molar-refractivity contribution in [3.8, 4) is 0 Å². The number of anilines is 2. The van der Waals surface area contributed by atoms with E-state index in [9.17, 15) is 4.79 Å². The van der Waals surface area contributed by atoms with Crippen molar-refractivity contribution in [2.24, 2.45) is 0 Å². The van der Waals surface area contributed by atoms with Gasteiger partial charge in [0.15, 0.2) is 0 Å². The maximum absolute atomic E-state index is 12.3. The molecular weight excluding hydrogens is 346 g/mol. The summed E-state index contributed by atoms with van der Waals surface area (Å²) >= 11 is 6.15. The number of nitrogens with one attached hydrogen (secondary N) is 2. The first-order valence-electron chi connectivity index (χ1n) is 8.44. The minimum absolute atomic E-state index is 0.188. The van der Waals surface area contributed by atoms with Crippen LogP contribution in [0.5, 0.6) is 0 Å². The molecule has 0 atom stereocenters. The zero-order valence-corrected chi connectivity index (χ0v) is 15.3. The summed E-state index contributed by atoms with van der Waals surface area (Å²) in [6.45, 7) is 2.51. The molecule has 1 aromatic heterocycles. The Bertz CT molecular complexity index is 897. The van der Waals surface area contributed by atoms with Crippen LogP contribution in [0.3, 0.4) is 0 Å². The van der Waals surface area contributed by atoms with Crippen LogP contribution in [-0.2, 0) is 6.42 Å². The number of aromatic nitrogens is 1. The second kappa shape index (κ2) is 8.50. The Balaban J connectivity index is 1.63. The zero-order chi connectivity index (χ0) is 18.4. The number of rotatable bonds is 6. The average Bonchev–Trinajstić information content (AvgIpc) is 2.66. The van der Waals surface area contributed by atoms with E-state index in [2.05, 4.69) is 15.6 Å². The number of benzene rings is 2. The summed E-state index contributed by atoms with van der Waals surface area (Å²) in [5, 5.41) is 6.89. The molecule has 3 rings (SSSR count). The minimum Gasteiger partial charge on any atom is -0.355 e. The van der Waals surface area contributed by atoms with E-state index >= 15 is 0 Å². The number of amides is 1. The largest absolute Gasteiger partial charge is 0.355 e. The lowest BCUT2D eigenvalue weighted by Gasteiger charge is -2.11. The van der Waals surface area contributed by atoms with Gasteiger partial charge in [-0.25, -0.2) is 0 Å². The van der Waals surface area contributed by atoms with Gasteiger partial charge in [-0.2, -0.15) is 0 Å². The van der Waals surface area contributed by atoms with Crippen molar-refractivity contribution in [2.45, 2.75) is 13.3 Å². The van der Waals surface area contributed by atoms with Crippen molar-refractivity contribution in [1.29, 1.82) is 0 Å². The molecule has 0 fully saturated rings. The number of hydrogen-bond donors (Lipinski definition) is 2. The molecule has 2 aromatic carbocycles. The Hall–Kier alpha value is -2.85. The van der Waals surface area contributed by atoms with Crippen LogP contribution in [0.2, 0.25) is 5.02 Å². The number of carbonyl (C=O) groups excluding carboxylic acids is 1. The molecule has 0 aliphatic heterocycles. The summed E-state index contributed by atoms with van der Waals surface area (Å²) < 4.78 is 0. The minimum atomic E-state index is -0.188. The Morgan fingerprint density at radius 2 is 1.88 bits per heavy atom. The lowest BCUT2D eigenvalue weighted by Crippen LogP contribution is -2.26. The first kappa shape index (κ1) is 18.0. The molecule has 0 aliphatic carbocycles. The Morgan fingerprint density at radius 1 is 1.08 bits per heavy atom. The molecule has 0 saturated carbocycles. The summed E-state index contributed by atoms with van der Waals surface area (Å²) in [4.78, 5) is 16.5. The van der Waals surface area contributed by atoms with Crippen LogP contribution in [-0.4, -0.2) is 17.4 Å². The highest BCUT2D eigenvalue weighted by molar-refractivity contribution is 6.31. The van der Waals surface area contributed by atoms with Crippen molar-refractivity contribution < 1.29 is 4.79 Å². The molecule has 1 heterocycles. The number of nitrogens with zero attached hydrogens (tertiary/aromatic N) is 1. The molecule has 2 N–H and O–H groups in total. The maximum atomic E-state index is 12.3. The number of pyridine rings is 1. The monoisotopic (exact) mass is 365 g/mol. The topological polar surface area (TPSA) is 54.0 Å². The fourth-order valence-electron chi connectivity index (χ4n) is 2.59. The highest BCUT2D eigenvalue weighted by atomic mass is 35.5. The maximum Gasteiger partial charge on any atom is 0.269 e. The SMILES string of the molecule is Cc1c(Cl)cccc1Nc1ccnc(C(=O)NCCc2ccccc2)c1. The van der Waals surface area contributed by atoms with Gasteiger partial charge in [-0.15, -0.1) is 0 Å². The van der Waals surface area contributed by atoms with Crippen molar-refractivity contribution in [3.63, 3.8) is 0 Å². The summed E-state index contributed by atoms with van der Waals surface area (Å²) in [5.41, 5.74) is 4.22. The van der Waals surface area contributed by atoms with E-state index < -0.39 is 0 Å². The standard InChI is InChI=1S/C21H20ClN3O/c1-15-18(22)8-5-9-19(15)25-17-11-13-23-20(14-17)21(26)24-12-10-16-6-3-2-4-7-16/h2-9,11,13-14H,10,12H2,1H3,(H,23,25)(H,24,26). The van der Waals surface area contributed by atoms with Crippen LogP contribution < -0.4 is 10.6 Å². The van der Waals surface area contributed by atoms with Gasteiger partial charge in [0.25, 0.3) is 5.91 Å². The molecule has 0 radical (unpaired) electrons. The third-order valence-electron chi connectivity index (χ3n) is 4.08. The number of carbonyl (C=O) groups is 1. The second-order valence-electron chi connectivity index (χ2n) is 5.96. The number of hydrogen-bond acceptors (Lipinski definition) is 3. The molecule has 0 saturated heterocycles. The van der Waals surface area contributed by atoms with Gasteiger partial charge in [0.2, 0.25) is 0 Å². The summed E-state index contributed by atoms with van der Waals surface area (Å²) in [6.07, 6.45) is 2.40. The van der Waals surface area contributed by atoms with E-state index in [1.807, 2.05) is 61.5 Å². The van der Waals surface area contributed by atoms with Crippen molar-refractivity contribution in [1.82, 2.24) is 10.3 Å². The van der Waals surface area contributed by atoms with Crippen LogP contribution in [0.4, 0.5) is 11.4 Å². The van der Waals surface area contributed by atoms with Gasteiger partial charge in [-0.05, 0) is 48.7 Å². The smallest absolute Gasteiger partial charge is 0.269 e. The number of halogens is 1.